The highest BCUT2D eigenvalue weighted by atomic mass is 16.5. The van der Waals surface area contributed by atoms with Gasteiger partial charge in [0.05, 0.1) is 37.6 Å². The van der Waals surface area contributed by atoms with Crippen LogP contribution in [0, 0.1) is 22.7 Å². The molecule has 32 heavy (non-hydrogen) atoms. The van der Waals surface area contributed by atoms with Crippen LogP contribution in [0.25, 0.3) is 11.0 Å². The molecule has 4 heterocycles. The maximum Gasteiger partial charge on any atom is 0.257 e. The van der Waals surface area contributed by atoms with Crippen molar-refractivity contribution in [1.29, 1.82) is 10.5 Å². The summed E-state index contributed by atoms with van der Waals surface area (Å²) in [4.78, 5) is 9.05. The zero-order chi connectivity index (χ0) is 22.8. The molecular weight excluding hydrogens is 412 g/mol. The minimum absolute atomic E-state index is 0.108. The standard InChI is InChI=1S/C21H24N8O3/c1-12(2)32-20-16(9-28(27-20)13(3)6-22)25-21-24-8-14-5-15(7-23)29(19(14)26-21)17-10-31-11-18(17)30-4/h5,8-9,12-13,17-18H,10-11H2,1-4H3,(H,24,25,26)/t13-,17?,18?/m0/s1. The van der Waals surface area contributed by atoms with Crippen molar-refractivity contribution in [2.24, 2.45) is 0 Å². The third-order valence-electron chi connectivity index (χ3n) is 5.20. The minimum atomic E-state index is -0.466. The van der Waals surface area contributed by atoms with Crippen LogP contribution >= 0.6 is 0 Å². The number of nitrogens with one attached hydrogen (secondary N) is 1. The highest BCUT2D eigenvalue weighted by Gasteiger charge is 2.32. The van der Waals surface area contributed by atoms with Crippen LogP contribution in [0.15, 0.2) is 18.5 Å². The molecular formula is C21H24N8O3. The second kappa shape index (κ2) is 8.83. The fourth-order valence-electron chi connectivity index (χ4n) is 3.63. The third kappa shape index (κ3) is 3.96. The molecule has 11 nitrogen and oxygen atoms in total. The lowest BCUT2D eigenvalue weighted by molar-refractivity contribution is 0.0690. The van der Waals surface area contributed by atoms with E-state index in [9.17, 15) is 10.5 Å². The Morgan fingerprint density at radius 3 is 2.78 bits per heavy atom. The summed E-state index contributed by atoms with van der Waals surface area (Å²) < 4.78 is 20.3. The zero-order valence-corrected chi connectivity index (χ0v) is 18.3. The Labute approximate surface area is 185 Å². The van der Waals surface area contributed by atoms with E-state index < -0.39 is 6.04 Å². The zero-order valence-electron chi connectivity index (χ0n) is 18.3. The molecule has 3 aromatic heterocycles. The van der Waals surface area contributed by atoms with E-state index in [1.807, 2.05) is 18.4 Å². The van der Waals surface area contributed by atoms with Crippen molar-refractivity contribution in [3.05, 3.63) is 24.2 Å². The van der Waals surface area contributed by atoms with Crippen molar-refractivity contribution in [2.75, 3.05) is 25.6 Å². The topological polar surface area (TPSA) is 136 Å². The molecule has 4 rings (SSSR count). The Hall–Kier alpha value is -3.67. The summed E-state index contributed by atoms with van der Waals surface area (Å²) in [6.45, 7) is 6.41. The van der Waals surface area contributed by atoms with Crippen LogP contribution in [0.1, 0.15) is 38.5 Å². The van der Waals surface area contributed by atoms with E-state index in [0.717, 1.165) is 5.39 Å². The van der Waals surface area contributed by atoms with Gasteiger partial charge in [-0.3, -0.25) is 0 Å². The summed E-state index contributed by atoms with van der Waals surface area (Å²) in [6.07, 6.45) is 3.06. The van der Waals surface area contributed by atoms with Crippen LogP contribution < -0.4 is 10.1 Å². The van der Waals surface area contributed by atoms with Crippen LogP contribution in [0.5, 0.6) is 5.88 Å². The van der Waals surface area contributed by atoms with Crippen molar-refractivity contribution in [3.63, 3.8) is 0 Å². The summed E-state index contributed by atoms with van der Waals surface area (Å²) >= 11 is 0. The number of hydrogen-bond acceptors (Lipinski definition) is 9. The summed E-state index contributed by atoms with van der Waals surface area (Å²) in [7, 11) is 1.63. The Balaban J connectivity index is 1.74. The maximum atomic E-state index is 9.67. The molecule has 1 N–H and O–H groups in total. The predicted molar refractivity (Wildman–Crippen MR) is 114 cm³/mol. The van der Waals surface area contributed by atoms with Gasteiger partial charge in [0, 0.05) is 18.7 Å². The second-order valence-electron chi connectivity index (χ2n) is 7.79. The van der Waals surface area contributed by atoms with E-state index in [1.54, 1.807) is 32.5 Å². The molecule has 0 radical (unpaired) electrons. The number of nitriles is 2. The molecule has 0 saturated carbocycles. The molecule has 1 fully saturated rings. The fourth-order valence-corrected chi connectivity index (χ4v) is 3.63. The molecule has 0 aromatic carbocycles. The smallest absolute Gasteiger partial charge is 0.257 e. The lowest BCUT2D eigenvalue weighted by Gasteiger charge is -2.19. The van der Waals surface area contributed by atoms with E-state index in [-0.39, 0.29) is 18.2 Å². The first-order chi connectivity index (χ1) is 15.4. The number of nitrogens with zero attached hydrogens (tertiary/aromatic N) is 7. The largest absolute Gasteiger partial charge is 0.472 e. The van der Waals surface area contributed by atoms with Crippen LogP contribution in [0.4, 0.5) is 11.6 Å². The minimum Gasteiger partial charge on any atom is -0.472 e. The van der Waals surface area contributed by atoms with Gasteiger partial charge in [-0.2, -0.15) is 15.5 Å². The Kier molecular flexibility index (Phi) is 5.95. The van der Waals surface area contributed by atoms with Crippen molar-refractivity contribution in [1.82, 2.24) is 24.3 Å². The van der Waals surface area contributed by atoms with Gasteiger partial charge < -0.3 is 24.1 Å². The third-order valence-corrected chi connectivity index (χ3v) is 5.20. The monoisotopic (exact) mass is 436 g/mol. The lowest BCUT2D eigenvalue weighted by Crippen LogP contribution is -2.25. The SMILES string of the molecule is COC1COCC1n1c(C#N)cc2cnc(Nc3cn([C@@H](C)C#N)nc3OC(C)C)nc21. The van der Waals surface area contributed by atoms with Crippen molar-refractivity contribution in [2.45, 2.75) is 45.1 Å². The van der Waals surface area contributed by atoms with Crippen LogP contribution in [-0.4, -0.2) is 56.8 Å². The number of fused-ring (bicyclic) bond motifs is 1. The predicted octanol–water partition coefficient (Wildman–Crippen LogP) is 2.70. The molecule has 0 bridgehead atoms. The fraction of sp³-hybridized carbons (Fsp3) is 0.476. The summed E-state index contributed by atoms with van der Waals surface area (Å²) in [5, 5.41) is 27.2. The van der Waals surface area contributed by atoms with Crippen molar-refractivity contribution in [3.8, 4) is 18.0 Å². The molecule has 3 aromatic rings. The van der Waals surface area contributed by atoms with Crippen LogP contribution in [0.3, 0.4) is 0 Å². The first kappa shape index (κ1) is 21.6. The molecule has 3 atom stereocenters. The van der Waals surface area contributed by atoms with Crippen LogP contribution in [0.2, 0.25) is 0 Å². The number of rotatable bonds is 7. The van der Waals surface area contributed by atoms with Gasteiger partial charge in [-0.15, -0.1) is 5.10 Å². The quantitative estimate of drug-likeness (QED) is 0.593. The van der Waals surface area contributed by atoms with Crippen molar-refractivity contribution >= 4 is 22.7 Å². The Morgan fingerprint density at radius 2 is 2.09 bits per heavy atom. The average molecular weight is 436 g/mol. The number of aromatic nitrogens is 5. The summed E-state index contributed by atoms with van der Waals surface area (Å²) in [5.74, 6) is 0.662. The van der Waals surface area contributed by atoms with Gasteiger partial charge in [-0.1, -0.05) is 0 Å². The molecule has 166 valence electrons. The number of methoxy groups -OCH3 is 1. The van der Waals surface area contributed by atoms with Gasteiger partial charge in [0.25, 0.3) is 5.88 Å². The normalized spacial score (nSPS) is 19.1. The number of hydrogen-bond donors (Lipinski definition) is 1. The van der Waals surface area contributed by atoms with E-state index in [4.69, 9.17) is 14.2 Å². The lowest BCUT2D eigenvalue weighted by atomic mass is 10.2. The van der Waals surface area contributed by atoms with Gasteiger partial charge >= 0.3 is 0 Å². The van der Waals surface area contributed by atoms with Crippen molar-refractivity contribution < 1.29 is 14.2 Å². The highest BCUT2D eigenvalue weighted by Crippen LogP contribution is 2.31. The number of anilines is 2. The second-order valence-corrected chi connectivity index (χ2v) is 7.79. The summed E-state index contributed by atoms with van der Waals surface area (Å²) in [5.41, 5.74) is 1.60. The molecule has 0 amide bonds. The maximum absolute atomic E-state index is 9.67. The molecule has 2 unspecified atom stereocenters. The molecule has 1 aliphatic heterocycles. The van der Waals surface area contributed by atoms with E-state index >= 15 is 0 Å². The van der Waals surface area contributed by atoms with Crippen LogP contribution in [-0.2, 0) is 9.47 Å². The molecule has 1 aliphatic rings. The van der Waals surface area contributed by atoms with E-state index in [1.165, 1.54) is 4.68 Å². The van der Waals surface area contributed by atoms with Gasteiger partial charge in [0.1, 0.15) is 35.2 Å². The van der Waals surface area contributed by atoms with E-state index in [0.29, 0.717) is 42.1 Å². The Bertz CT molecular complexity index is 1200. The average Bonchev–Trinajstić information content (AvgIpc) is 3.49. The number of ether oxygens (including phenoxy) is 3. The first-order valence-corrected chi connectivity index (χ1v) is 10.3. The van der Waals surface area contributed by atoms with Gasteiger partial charge in [0.15, 0.2) is 0 Å². The van der Waals surface area contributed by atoms with E-state index in [2.05, 4.69) is 32.5 Å². The molecule has 1 saturated heterocycles. The van der Waals surface area contributed by atoms with Gasteiger partial charge in [0.2, 0.25) is 5.95 Å². The van der Waals surface area contributed by atoms with Gasteiger partial charge in [-0.05, 0) is 26.8 Å². The molecule has 0 aliphatic carbocycles. The first-order valence-electron chi connectivity index (χ1n) is 10.3. The molecule has 0 spiro atoms. The molecule has 11 heteroatoms. The van der Waals surface area contributed by atoms with Gasteiger partial charge in [-0.25, -0.2) is 9.67 Å². The highest BCUT2D eigenvalue weighted by molar-refractivity contribution is 5.79. The Morgan fingerprint density at radius 1 is 1.28 bits per heavy atom. The summed E-state index contributed by atoms with van der Waals surface area (Å²) in [6, 6.07) is 5.49.